The van der Waals surface area contributed by atoms with Crippen molar-refractivity contribution in [3.8, 4) is 0 Å². The SMILES string of the molecule is CCCC1=C(C)C2=C(NC1c1cn[nH]c1C(F)(F)F)C(OCCN(C)CCOC)=CC1NN=CC21. The van der Waals surface area contributed by atoms with Crippen molar-refractivity contribution in [2.75, 3.05) is 40.5 Å². The molecule has 0 amide bonds. The second-order valence-electron chi connectivity index (χ2n) is 9.10. The molecule has 35 heavy (non-hydrogen) atoms. The topological polar surface area (TPSA) is 86.8 Å². The number of H-pyrrole nitrogens is 1. The van der Waals surface area contributed by atoms with E-state index in [1.54, 1.807) is 7.11 Å². The first kappa shape index (κ1) is 25.3. The van der Waals surface area contributed by atoms with E-state index in [0.29, 0.717) is 31.9 Å². The smallest absolute Gasteiger partial charge is 0.433 e. The molecule has 0 spiro atoms. The number of hydrogen-bond acceptors (Lipinski definition) is 7. The van der Waals surface area contributed by atoms with Crippen LogP contribution < -0.4 is 10.7 Å². The standard InChI is InChI=1S/C24H33F3N6O2/c1-5-6-15-14(2)20-16-12-28-31-18(16)11-19(35-10-8-33(3)7-9-34-4)22(20)30-21(15)17-13-29-32-23(17)24(25,26)27/h11-13,16,18,21,30-31H,5-10H2,1-4H3,(H,29,32). The highest BCUT2D eigenvalue weighted by Gasteiger charge is 2.43. The molecule has 11 heteroatoms. The summed E-state index contributed by atoms with van der Waals surface area (Å²) < 4.78 is 52.6. The minimum absolute atomic E-state index is 0.0199. The summed E-state index contributed by atoms with van der Waals surface area (Å²) in [6, 6.07) is -0.728. The number of fused-ring (bicyclic) bond motifs is 2. The average Bonchev–Trinajstić information content (AvgIpc) is 3.48. The number of rotatable bonds is 10. The predicted molar refractivity (Wildman–Crippen MR) is 126 cm³/mol. The number of nitrogens with zero attached hydrogens (tertiary/aromatic N) is 3. The van der Waals surface area contributed by atoms with Gasteiger partial charge < -0.3 is 25.1 Å². The Hall–Kier alpha value is -2.79. The molecule has 3 unspecified atom stereocenters. The van der Waals surface area contributed by atoms with Gasteiger partial charge in [-0.2, -0.15) is 23.4 Å². The molecule has 0 bridgehead atoms. The quantitative estimate of drug-likeness (QED) is 0.462. The Morgan fingerprint density at radius 2 is 1.97 bits per heavy atom. The highest BCUT2D eigenvalue weighted by molar-refractivity contribution is 5.74. The zero-order valence-corrected chi connectivity index (χ0v) is 20.5. The summed E-state index contributed by atoms with van der Waals surface area (Å²) >= 11 is 0. The number of dihydropyridines is 1. The largest absolute Gasteiger partial charge is 0.490 e. The number of aromatic amines is 1. The maximum absolute atomic E-state index is 13.8. The van der Waals surface area contributed by atoms with E-state index in [9.17, 15) is 13.2 Å². The molecule has 3 atom stereocenters. The van der Waals surface area contributed by atoms with Gasteiger partial charge in [-0.3, -0.25) is 5.10 Å². The number of hydrogen-bond donors (Lipinski definition) is 3. The summed E-state index contributed by atoms with van der Waals surface area (Å²) in [5, 5.41) is 13.6. The molecule has 8 nitrogen and oxygen atoms in total. The summed E-state index contributed by atoms with van der Waals surface area (Å²) in [4.78, 5) is 2.10. The van der Waals surface area contributed by atoms with Gasteiger partial charge in [-0.1, -0.05) is 13.3 Å². The normalized spacial score (nSPS) is 23.8. The zero-order valence-electron chi connectivity index (χ0n) is 20.5. The maximum atomic E-state index is 13.8. The molecule has 0 aromatic carbocycles. The fourth-order valence-corrected chi connectivity index (χ4v) is 4.93. The van der Waals surface area contributed by atoms with Crippen LogP contribution in [-0.4, -0.2) is 67.8 Å². The van der Waals surface area contributed by atoms with Crippen LogP contribution in [-0.2, 0) is 15.7 Å². The predicted octanol–water partition coefficient (Wildman–Crippen LogP) is 3.51. The molecule has 3 aliphatic rings. The van der Waals surface area contributed by atoms with Crippen molar-refractivity contribution in [3.05, 3.63) is 51.7 Å². The minimum Gasteiger partial charge on any atom is -0.490 e. The molecular formula is C24H33F3N6O2. The number of allylic oxidation sites excluding steroid dienone is 1. The zero-order chi connectivity index (χ0) is 25.2. The molecule has 192 valence electrons. The van der Waals surface area contributed by atoms with Gasteiger partial charge in [-0.05, 0) is 43.2 Å². The molecule has 0 fully saturated rings. The molecule has 0 radical (unpaired) electrons. The Labute approximate surface area is 203 Å². The van der Waals surface area contributed by atoms with Crippen LogP contribution in [0.25, 0.3) is 0 Å². The summed E-state index contributed by atoms with van der Waals surface area (Å²) in [5.41, 5.74) is 6.03. The van der Waals surface area contributed by atoms with Gasteiger partial charge in [0.1, 0.15) is 18.1 Å². The van der Waals surface area contributed by atoms with Crippen LogP contribution in [0.15, 0.2) is 45.5 Å². The monoisotopic (exact) mass is 494 g/mol. The lowest BCUT2D eigenvalue weighted by Crippen LogP contribution is -2.40. The van der Waals surface area contributed by atoms with Crippen molar-refractivity contribution < 1.29 is 22.6 Å². The van der Waals surface area contributed by atoms with Gasteiger partial charge in [0.15, 0.2) is 0 Å². The van der Waals surface area contributed by atoms with Gasteiger partial charge in [0.25, 0.3) is 0 Å². The highest BCUT2D eigenvalue weighted by Crippen LogP contribution is 2.46. The third kappa shape index (κ3) is 5.11. The molecule has 1 aromatic heterocycles. The van der Waals surface area contributed by atoms with Crippen LogP contribution in [0.3, 0.4) is 0 Å². The van der Waals surface area contributed by atoms with Gasteiger partial charge in [-0.15, -0.1) is 0 Å². The van der Waals surface area contributed by atoms with Crippen molar-refractivity contribution in [1.82, 2.24) is 25.8 Å². The first-order valence-electron chi connectivity index (χ1n) is 11.9. The van der Waals surface area contributed by atoms with E-state index in [1.165, 1.54) is 6.20 Å². The summed E-state index contributed by atoms with van der Waals surface area (Å²) in [7, 11) is 3.65. The van der Waals surface area contributed by atoms with Gasteiger partial charge in [0.2, 0.25) is 0 Å². The number of halogens is 3. The molecule has 1 aliphatic carbocycles. The molecular weight excluding hydrogens is 461 g/mol. The molecule has 3 heterocycles. The lowest BCUT2D eigenvalue weighted by atomic mass is 9.76. The van der Waals surface area contributed by atoms with Crippen molar-refractivity contribution in [2.45, 2.75) is 44.9 Å². The van der Waals surface area contributed by atoms with E-state index < -0.39 is 17.9 Å². The van der Waals surface area contributed by atoms with E-state index in [-0.39, 0.29) is 17.5 Å². The maximum Gasteiger partial charge on any atom is 0.433 e. The summed E-state index contributed by atoms with van der Waals surface area (Å²) in [6.45, 7) is 6.53. The summed E-state index contributed by atoms with van der Waals surface area (Å²) in [5.74, 6) is 0.602. The van der Waals surface area contributed by atoms with Gasteiger partial charge in [0.05, 0.1) is 30.6 Å². The molecule has 0 saturated carbocycles. The fraction of sp³-hybridized carbons (Fsp3) is 0.583. The number of likely N-dealkylation sites (N-methyl/N-ethyl adjacent to an activating group) is 1. The number of methoxy groups -OCH3 is 1. The van der Waals surface area contributed by atoms with E-state index in [2.05, 4.69) is 30.9 Å². The van der Waals surface area contributed by atoms with Gasteiger partial charge in [-0.25, -0.2) is 0 Å². The Morgan fingerprint density at radius 3 is 2.69 bits per heavy atom. The molecule has 2 aliphatic heterocycles. The number of alkyl halides is 3. The molecule has 0 saturated heterocycles. The summed E-state index contributed by atoms with van der Waals surface area (Å²) in [6.07, 6.45) is 2.03. The lowest BCUT2D eigenvalue weighted by molar-refractivity contribution is -0.142. The number of ether oxygens (including phenoxy) is 2. The molecule has 4 rings (SSSR count). The van der Waals surface area contributed by atoms with Crippen LogP contribution in [0.1, 0.15) is 44.0 Å². The van der Waals surface area contributed by atoms with E-state index in [4.69, 9.17) is 9.47 Å². The van der Waals surface area contributed by atoms with E-state index >= 15 is 0 Å². The van der Waals surface area contributed by atoms with Gasteiger partial charge >= 0.3 is 6.18 Å². The fourth-order valence-electron chi connectivity index (χ4n) is 4.93. The molecule has 1 aromatic rings. The van der Waals surface area contributed by atoms with Crippen molar-refractivity contribution in [1.29, 1.82) is 0 Å². The Bertz CT molecular complexity index is 1040. The van der Waals surface area contributed by atoms with E-state index in [0.717, 1.165) is 35.4 Å². The minimum atomic E-state index is -4.53. The Balaban J connectivity index is 1.68. The highest BCUT2D eigenvalue weighted by atomic mass is 19.4. The Morgan fingerprint density at radius 1 is 1.20 bits per heavy atom. The third-order valence-corrected chi connectivity index (χ3v) is 6.74. The number of nitrogens with one attached hydrogen (secondary N) is 3. The van der Waals surface area contributed by atoms with Crippen LogP contribution in [0, 0.1) is 5.92 Å². The first-order valence-corrected chi connectivity index (χ1v) is 11.9. The van der Waals surface area contributed by atoms with Crippen LogP contribution in [0.5, 0.6) is 0 Å². The number of aromatic nitrogens is 2. The Kier molecular flexibility index (Phi) is 7.56. The lowest BCUT2D eigenvalue weighted by Gasteiger charge is -2.39. The third-order valence-electron chi connectivity index (χ3n) is 6.74. The average molecular weight is 495 g/mol. The van der Waals surface area contributed by atoms with Crippen molar-refractivity contribution in [2.24, 2.45) is 11.0 Å². The number of hydrazone groups is 1. The van der Waals surface area contributed by atoms with Crippen molar-refractivity contribution >= 4 is 6.21 Å². The van der Waals surface area contributed by atoms with Crippen molar-refractivity contribution in [3.63, 3.8) is 0 Å². The van der Waals surface area contributed by atoms with Crippen LogP contribution in [0.4, 0.5) is 13.2 Å². The second-order valence-corrected chi connectivity index (χ2v) is 9.10. The molecule has 3 N–H and O–H groups in total. The van der Waals surface area contributed by atoms with E-state index in [1.807, 2.05) is 33.2 Å². The first-order chi connectivity index (χ1) is 16.8. The van der Waals surface area contributed by atoms with Crippen LogP contribution in [0.2, 0.25) is 0 Å². The van der Waals surface area contributed by atoms with Gasteiger partial charge in [0, 0.05) is 37.9 Å². The van der Waals surface area contributed by atoms with Crippen LogP contribution >= 0.6 is 0 Å². The second kappa shape index (κ2) is 10.4.